The molecule has 9 nitrogen and oxygen atoms in total. The number of rotatable bonds is 9. The molecule has 10 heteroatoms. The van der Waals surface area contributed by atoms with Gasteiger partial charge in [-0.25, -0.2) is 4.79 Å². The molecule has 2 aromatic carbocycles. The van der Waals surface area contributed by atoms with E-state index in [0.29, 0.717) is 26.0 Å². The number of azide groups is 1. The summed E-state index contributed by atoms with van der Waals surface area (Å²) in [6.45, 7) is 7.60. The maximum absolute atomic E-state index is 12.8. The van der Waals surface area contributed by atoms with E-state index in [1.165, 1.54) is 10.4 Å². The van der Waals surface area contributed by atoms with Gasteiger partial charge in [0.25, 0.3) is 8.32 Å². The van der Waals surface area contributed by atoms with E-state index in [0.717, 1.165) is 4.90 Å². The number of hydrogen-bond donors (Lipinski definition) is 2. The van der Waals surface area contributed by atoms with Crippen molar-refractivity contribution in [3.63, 3.8) is 0 Å². The zero-order valence-electron chi connectivity index (χ0n) is 21.1. The molecule has 1 heterocycles. The van der Waals surface area contributed by atoms with Crippen molar-refractivity contribution in [2.24, 2.45) is 5.11 Å². The Bertz CT molecular complexity index is 1030. The van der Waals surface area contributed by atoms with Crippen molar-refractivity contribution in [3.05, 3.63) is 71.1 Å². The minimum atomic E-state index is -2.65. The molecule has 1 saturated heterocycles. The second kappa shape index (κ2) is 12.1. The highest BCUT2D eigenvalue weighted by atomic mass is 28.4. The van der Waals surface area contributed by atoms with Gasteiger partial charge in [-0.05, 0) is 40.2 Å². The summed E-state index contributed by atoms with van der Waals surface area (Å²) in [5.74, 6) is -0.374. The number of benzene rings is 2. The fourth-order valence-corrected chi connectivity index (χ4v) is 9.60. The molecule has 36 heavy (non-hydrogen) atoms. The lowest BCUT2D eigenvalue weighted by molar-refractivity contribution is -0.127. The van der Waals surface area contributed by atoms with Crippen LogP contribution in [0.5, 0.6) is 0 Å². The van der Waals surface area contributed by atoms with Gasteiger partial charge in [0.15, 0.2) is 0 Å². The van der Waals surface area contributed by atoms with Crippen LogP contribution in [0.25, 0.3) is 10.4 Å². The summed E-state index contributed by atoms with van der Waals surface area (Å²) < 4.78 is 6.83. The van der Waals surface area contributed by atoms with Gasteiger partial charge in [0.05, 0.1) is 0 Å². The van der Waals surface area contributed by atoms with Crippen LogP contribution in [0.3, 0.4) is 0 Å². The lowest BCUT2D eigenvalue weighted by Gasteiger charge is -2.43. The SMILES string of the molecule is CC(C)(C)[Si](OCCCNC(=O)C1CC(N=[N+]=[N-])CCN1C(=O)O)(c1ccccc1)c1ccccc1. The zero-order chi connectivity index (χ0) is 26.2. The molecule has 2 atom stereocenters. The van der Waals surface area contributed by atoms with Gasteiger partial charge in [0, 0.05) is 30.6 Å². The Labute approximate surface area is 213 Å². The van der Waals surface area contributed by atoms with Crippen LogP contribution in [0.15, 0.2) is 65.8 Å². The lowest BCUT2D eigenvalue weighted by atomic mass is 9.97. The van der Waals surface area contributed by atoms with Gasteiger partial charge in [-0.1, -0.05) is 86.5 Å². The minimum absolute atomic E-state index is 0.140. The maximum Gasteiger partial charge on any atom is 0.407 e. The molecule has 0 saturated carbocycles. The highest BCUT2D eigenvalue weighted by Crippen LogP contribution is 2.36. The van der Waals surface area contributed by atoms with Gasteiger partial charge in [-0.3, -0.25) is 9.69 Å². The molecule has 0 spiro atoms. The van der Waals surface area contributed by atoms with E-state index in [9.17, 15) is 14.7 Å². The standard InChI is InChI=1S/C26H35N5O4Si/c1-26(2,3)36(21-11-6-4-7-12-21,22-13-8-5-9-14-22)35-18-10-16-28-24(32)23-19-20(29-30-27)15-17-31(23)25(33)34/h4-9,11-14,20,23H,10,15-19H2,1-3H3,(H,28,32)(H,33,34). The van der Waals surface area contributed by atoms with Crippen molar-refractivity contribution in [3.8, 4) is 0 Å². The third-order valence-electron chi connectivity index (χ3n) is 6.69. The topological polar surface area (TPSA) is 128 Å². The first kappa shape index (κ1) is 27.3. The molecule has 1 aliphatic heterocycles. The average Bonchev–Trinajstić information content (AvgIpc) is 2.86. The molecule has 3 rings (SSSR count). The molecule has 1 fully saturated rings. The summed E-state index contributed by atoms with van der Waals surface area (Å²) in [6, 6.07) is 19.4. The Hall–Kier alpha value is -3.33. The van der Waals surface area contributed by atoms with Crippen LogP contribution in [0, 0.1) is 0 Å². The van der Waals surface area contributed by atoms with Crippen molar-refractivity contribution < 1.29 is 19.1 Å². The quantitative estimate of drug-likeness (QED) is 0.175. The van der Waals surface area contributed by atoms with E-state index in [4.69, 9.17) is 9.96 Å². The second-order valence-corrected chi connectivity index (χ2v) is 14.3. The third-order valence-corrected chi connectivity index (χ3v) is 11.7. The third kappa shape index (κ3) is 6.07. The number of carbonyl (C=O) groups is 2. The van der Waals surface area contributed by atoms with Crippen LogP contribution in [0.1, 0.15) is 40.0 Å². The maximum atomic E-state index is 12.8. The highest BCUT2D eigenvalue weighted by Gasteiger charge is 2.50. The molecule has 192 valence electrons. The average molecular weight is 510 g/mol. The van der Waals surface area contributed by atoms with Crippen molar-refractivity contribution in [1.82, 2.24) is 10.2 Å². The molecule has 1 aliphatic rings. The molecule has 2 unspecified atom stereocenters. The van der Waals surface area contributed by atoms with E-state index in [-0.39, 0.29) is 30.0 Å². The van der Waals surface area contributed by atoms with Crippen LogP contribution < -0.4 is 15.7 Å². The predicted molar refractivity (Wildman–Crippen MR) is 142 cm³/mol. The van der Waals surface area contributed by atoms with Crippen molar-refractivity contribution in [2.45, 2.75) is 57.2 Å². The Morgan fingerprint density at radius 3 is 2.22 bits per heavy atom. The van der Waals surface area contributed by atoms with Crippen molar-refractivity contribution in [2.75, 3.05) is 19.7 Å². The first-order valence-electron chi connectivity index (χ1n) is 12.3. The van der Waals surface area contributed by atoms with E-state index in [1.807, 2.05) is 36.4 Å². The number of hydrogen-bond acceptors (Lipinski definition) is 4. The van der Waals surface area contributed by atoms with Crippen molar-refractivity contribution in [1.29, 1.82) is 0 Å². The second-order valence-electron chi connectivity index (χ2n) is 10.0. The van der Waals surface area contributed by atoms with Crippen LogP contribution >= 0.6 is 0 Å². The number of likely N-dealkylation sites (tertiary alicyclic amines) is 1. The smallest absolute Gasteiger partial charge is 0.407 e. The number of nitrogens with zero attached hydrogens (tertiary/aromatic N) is 4. The van der Waals surface area contributed by atoms with E-state index in [2.05, 4.69) is 60.4 Å². The van der Waals surface area contributed by atoms with Gasteiger partial charge >= 0.3 is 6.09 Å². The number of nitrogens with one attached hydrogen (secondary N) is 1. The first-order valence-corrected chi connectivity index (χ1v) is 14.2. The van der Waals surface area contributed by atoms with Gasteiger partial charge in [0.2, 0.25) is 5.91 Å². The van der Waals surface area contributed by atoms with Crippen LogP contribution in [0.4, 0.5) is 4.79 Å². The molecule has 0 bridgehead atoms. The zero-order valence-corrected chi connectivity index (χ0v) is 22.1. The van der Waals surface area contributed by atoms with Gasteiger partial charge in [0.1, 0.15) is 6.04 Å². The molecule has 0 aliphatic carbocycles. The van der Waals surface area contributed by atoms with Gasteiger partial charge < -0.3 is 14.8 Å². The summed E-state index contributed by atoms with van der Waals surface area (Å²) in [5.41, 5.74) is 8.72. The Morgan fingerprint density at radius 2 is 1.72 bits per heavy atom. The Balaban J connectivity index is 1.69. The van der Waals surface area contributed by atoms with E-state index >= 15 is 0 Å². The van der Waals surface area contributed by atoms with Crippen LogP contribution in [-0.2, 0) is 9.22 Å². The molecule has 2 N–H and O–H groups in total. The van der Waals surface area contributed by atoms with Crippen LogP contribution in [-0.4, -0.2) is 62.1 Å². The number of carboxylic acid groups (broad SMARTS) is 1. The first-order chi connectivity index (χ1) is 17.2. The van der Waals surface area contributed by atoms with Gasteiger partial charge in [-0.15, -0.1) is 0 Å². The molecular formula is C26H35N5O4Si. The molecule has 0 radical (unpaired) electrons. The molecule has 0 aromatic heterocycles. The largest absolute Gasteiger partial charge is 0.465 e. The Kier molecular flexibility index (Phi) is 9.14. The number of carbonyl (C=O) groups excluding carboxylic acids is 1. The Morgan fingerprint density at radius 1 is 1.14 bits per heavy atom. The minimum Gasteiger partial charge on any atom is -0.465 e. The normalized spacial score (nSPS) is 18.2. The fourth-order valence-electron chi connectivity index (χ4n) is 4.99. The van der Waals surface area contributed by atoms with Gasteiger partial charge in [-0.2, -0.15) is 0 Å². The monoisotopic (exact) mass is 509 g/mol. The summed E-state index contributed by atoms with van der Waals surface area (Å²) in [4.78, 5) is 28.4. The summed E-state index contributed by atoms with van der Waals surface area (Å²) in [5, 5.41) is 18.3. The molecule has 2 amide bonds. The number of amides is 2. The van der Waals surface area contributed by atoms with Crippen molar-refractivity contribution >= 4 is 30.7 Å². The molecule has 2 aromatic rings. The summed E-state index contributed by atoms with van der Waals surface area (Å²) in [6.07, 6.45) is 0.0211. The predicted octanol–water partition coefficient (Wildman–Crippen LogP) is 3.89. The highest BCUT2D eigenvalue weighted by molar-refractivity contribution is 6.99. The van der Waals surface area contributed by atoms with E-state index in [1.54, 1.807) is 0 Å². The number of piperidine rings is 1. The summed E-state index contributed by atoms with van der Waals surface area (Å²) >= 11 is 0. The van der Waals surface area contributed by atoms with E-state index < -0.39 is 20.5 Å². The molecular weight excluding hydrogens is 474 g/mol. The van der Waals surface area contributed by atoms with Crippen LogP contribution in [0.2, 0.25) is 5.04 Å². The summed E-state index contributed by atoms with van der Waals surface area (Å²) in [7, 11) is -2.65. The fraction of sp³-hybridized carbons (Fsp3) is 0.462. The lowest BCUT2D eigenvalue weighted by Crippen LogP contribution is -2.66.